The highest BCUT2D eigenvalue weighted by molar-refractivity contribution is 7.15. The van der Waals surface area contributed by atoms with Crippen LogP contribution in [0.4, 0.5) is 5.13 Å². The molecule has 7 nitrogen and oxygen atoms in total. The topological polar surface area (TPSA) is 71.2 Å². The number of anilines is 1. The highest BCUT2D eigenvalue weighted by Gasteiger charge is 2.21. The summed E-state index contributed by atoms with van der Waals surface area (Å²) in [5, 5.41) is 15.4. The average Bonchev–Trinajstić information content (AvgIpc) is 3.27. The average molecular weight is 391 g/mol. The van der Waals surface area contributed by atoms with E-state index in [0.29, 0.717) is 5.89 Å². The summed E-state index contributed by atoms with van der Waals surface area (Å²) in [7, 11) is 0. The number of rotatable bonds is 5. The van der Waals surface area contributed by atoms with Crippen molar-refractivity contribution in [2.45, 2.75) is 19.9 Å². The van der Waals surface area contributed by atoms with Gasteiger partial charge in [0.2, 0.25) is 11.0 Å². The Labute approximate surface area is 160 Å². The summed E-state index contributed by atoms with van der Waals surface area (Å²) in [6.45, 7) is 6.27. The lowest BCUT2D eigenvalue weighted by atomic mass is 10.2. The van der Waals surface area contributed by atoms with Gasteiger partial charge in [-0.3, -0.25) is 4.90 Å². The fourth-order valence-electron chi connectivity index (χ4n) is 2.92. The zero-order valence-electron chi connectivity index (χ0n) is 14.4. The highest BCUT2D eigenvalue weighted by Crippen LogP contribution is 2.24. The third-order valence-corrected chi connectivity index (χ3v) is 5.54. The quantitative estimate of drug-likeness (QED) is 0.663. The van der Waals surface area contributed by atoms with Gasteiger partial charge in [-0.2, -0.15) is 4.98 Å². The Morgan fingerprint density at radius 2 is 1.88 bits per heavy atom. The molecule has 3 heterocycles. The molecule has 0 spiro atoms. The Hall–Kier alpha value is -2.03. The molecule has 3 aromatic rings. The first-order valence-corrected chi connectivity index (χ1v) is 9.68. The van der Waals surface area contributed by atoms with Gasteiger partial charge < -0.3 is 9.42 Å². The third kappa shape index (κ3) is 4.20. The van der Waals surface area contributed by atoms with Crippen LogP contribution < -0.4 is 4.90 Å². The lowest BCUT2D eigenvalue weighted by molar-refractivity contribution is 0.240. The SMILES string of the molecule is Cc1nc(CN2CCN(c3nnc(Cc4ccc(Cl)cc4)s3)CC2)no1. The number of aryl methyl sites for hydroxylation is 1. The molecule has 0 saturated carbocycles. The van der Waals surface area contributed by atoms with Gasteiger partial charge in [0.1, 0.15) is 5.01 Å². The Morgan fingerprint density at radius 3 is 2.58 bits per heavy atom. The van der Waals surface area contributed by atoms with Crippen molar-refractivity contribution in [3.8, 4) is 0 Å². The Balaban J connectivity index is 1.32. The van der Waals surface area contributed by atoms with Crippen molar-refractivity contribution in [3.63, 3.8) is 0 Å². The second kappa shape index (κ2) is 7.69. The van der Waals surface area contributed by atoms with E-state index in [1.165, 1.54) is 5.56 Å². The van der Waals surface area contributed by atoms with Gasteiger partial charge in [-0.15, -0.1) is 10.2 Å². The molecule has 1 aliphatic rings. The minimum atomic E-state index is 0.612. The molecule has 2 aromatic heterocycles. The van der Waals surface area contributed by atoms with Crippen LogP contribution in [0.2, 0.25) is 5.02 Å². The van der Waals surface area contributed by atoms with Gasteiger partial charge in [0.15, 0.2) is 5.82 Å². The lowest BCUT2D eigenvalue weighted by Crippen LogP contribution is -2.46. The van der Waals surface area contributed by atoms with Crippen LogP contribution in [0, 0.1) is 6.92 Å². The monoisotopic (exact) mass is 390 g/mol. The van der Waals surface area contributed by atoms with Crippen molar-refractivity contribution in [2.75, 3.05) is 31.1 Å². The maximum Gasteiger partial charge on any atom is 0.223 e. The molecule has 0 amide bonds. The fraction of sp³-hybridized carbons (Fsp3) is 0.412. The van der Waals surface area contributed by atoms with Gasteiger partial charge in [0.05, 0.1) is 6.54 Å². The summed E-state index contributed by atoms with van der Waals surface area (Å²) in [5.74, 6) is 1.36. The number of benzene rings is 1. The van der Waals surface area contributed by atoms with Crippen molar-refractivity contribution in [2.24, 2.45) is 0 Å². The molecule has 136 valence electrons. The fourth-order valence-corrected chi connectivity index (χ4v) is 3.97. The van der Waals surface area contributed by atoms with Crippen LogP contribution in [0.5, 0.6) is 0 Å². The summed E-state index contributed by atoms with van der Waals surface area (Å²) >= 11 is 7.59. The minimum Gasteiger partial charge on any atom is -0.344 e. The maximum atomic E-state index is 5.94. The van der Waals surface area contributed by atoms with E-state index in [-0.39, 0.29) is 0 Å². The largest absolute Gasteiger partial charge is 0.344 e. The summed E-state index contributed by atoms with van der Waals surface area (Å²) in [5.41, 5.74) is 1.19. The van der Waals surface area contributed by atoms with Crippen molar-refractivity contribution in [3.05, 3.63) is 51.6 Å². The second-order valence-electron chi connectivity index (χ2n) is 6.27. The highest BCUT2D eigenvalue weighted by atomic mass is 35.5. The summed E-state index contributed by atoms with van der Waals surface area (Å²) in [6.07, 6.45) is 0.784. The van der Waals surface area contributed by atoms with Crippen molar-refractivity contribution in [1.29, 1.82) is 0 Å². The molecule has 26 heavy (non-hydrogen) atoms. The van der Waals surface area contributed by atoms with Crippen molar-refractivity contribution >= 4 is 28.1 Å². The zero-order valence-corrected chi connectivity index (χ0v) is 16.0. The molecule has 9 heteroatoms. The Kier molecular flexibility index (Phi) is 5.14. The van der Waals surface area contributed by atoms with Crippen LogP contribution in [0.15, 0.2) is 28.8 Å². The predicted octanol–water partition coefficient (Wildman–Crippen LogP) is 2.80. The number of halogens is 1. The van der Waals surface area contributed by atoms with Gasteiger partial charge in [-0.1, -0.05) is 40.2 Å². The molecule has 0 unspecified atom stereocenters. The molecular weight excluding hydrogens is 372 g/mol. The Morgan fingerprint density at radius 1 is 1.12 bits per heavy atom. The smallest absolute Gasteiger partial charge is 0.223 e. The lowest BCUT2D eigenvalue weighted by Gasteiger charge is -2.33. The summed E-state index contributed by atoms with van der Waals surface area (Å²) in [6, 6.07) is 7.87. The second-order valence-corrected chi connectivity index (χ2v) is 7.75. The first-order valence-electron chi connectivity index (χ1n) is 8.49. The van der Waals surface area contributed by atoms with Gasteiger partial charge in [0, 0.05) is 44.5 Å². The first-order chi connectivity index (χ1) is 12.7. The number of piperazine rings is 1. The first kappa shape index (κ1) is 17.4. The normalized spacial score (nSPS) is 15.5. The van der Waals surface area contributed by atoms with E-state index in [4.69, 9.17) is 16.1 Å². The molecule has 0 radical (unpaired) electrons. The predicted molar refractivity (Wildman–Crippen MR) is 101 cm³/mol. The van der Waals surface area contributed by atoms with E-state index >= 15 is 0 Å². The van der Waals surface area contributed by atoms with E-state index in [2.05, 4.69) is 30.1 Å². The van der Waals surface area contributed by atoms with E-state index in [9.17, 15) is 0 Å². The van der Waals surface area contributed by atoms with Crippen LogP contribution >= 0.6 is 22.9 Å². The molecular formula is C17H19ClN6OS. The van der Waals surface area contributed by atoms with Crippen LogP contribution in [0.25, 0.3) is 0 Å². The van der Waals surface area contributed by atoms with Crippen LogP contribution in [0.1, 0.15) is 22.3 Å². The van der Waals surface area contributed by atoms with Crippen molar-refractivity contribution < 1.29 is 4.52 Å². The van der Waals surface area contributed by atoms with E-state index in [0.717, 1.165) is 60.1 Å². The number of hydrogen-bond donors (Lipinski definition) is 0. The third-order valence-electron chi connectivity index (χ3n) is 4.30. The summed E-state index contributed by atoms with van der Waals surface area (Å²) < 4.78 is 5.03. The van der Waals surface area contributed by atoms with Crippen LogP contribution in [0.3, 0.4) is 0 Å². The van der Waals surface area contributed by atoms with Crippen LogP contribution in [-0.4, -0.2) is 51.4 Å². The van der Waals surface area contributed by atoms with Gasteiger partial charge in [-0.25, -0.2) is 0 Å². The molecule has 0 bridgehead atoms. The standard InChI is InChI=1S/C17H19ClN6OS/c1-12-19-15(22-25-12)11-23-6-8-24(9-7-23)17-21-20-16(26-17)10-13-2-4-14(18)5-3-13/h2-5H,6-11H2,1H3. The molecule has 4 rings (SSSR count). The molecule has 0 aliphatic carbocycles. The maximum absolute atomic E-state index is 5.94. The number of aromatic nitrogens is 4. The number of nitrogens with zero attached hydrogens (tertiary/aromatic N) is 6. The molecule has 0 atom stereocenters. The molecule has 1 saturated heterocycles. The van der Waals surface area contributed by atoms with Gasteiger partial charge in [0.25, 0.3) is 0 Å². The van der Waals surface area contributed by atoms with Gasteiger partial charge in [-0.05, 0) is 17.7 Å². The molecule has 1 aliphatic heterocycles. The van der Waals surface area contributed by atoms with E-state index in [1.54, 1.807) is 11.3 Å². The summed E-state index contributed by atoms with van der Waals surface area (Å²) in [4.78, 5) is 8.89. The Bertz CT molecular complexity index is 856. The number of hydrogen-bond acceptors (Lipinski definition) is 8. The van der Waals surface area contributed by atoms with Crippen molar-refractivity contribution in [1.82, 2.24) is 25.2 Å². The molecule has 0 N–H and O–H groups in total. The van der Waals surface area contributed by atoms with Gasteiger partial charge >= 0.3 is 0 Å². The van der Waals surface area contributed by atoms with E-state index in [1.807, 2.05) is 31.2 Å². The van der Waals surface area contributed by atoms with E-state index < -0.39 is 0 Å². The zero-order chi connectivity index (χ0) is 17.9. The molecule has 1 fully saturated rings. The van der Waals surface area contributed by atoms with Crippen LogP contribution in [-0.2, 0) is 13.0 Å². The molecule has 1 aromatic carbocycles. The minimum absolute atomic E-state index is 0.612.